The molecule has 0 aromatic rings. The van der Waals surface area contributed by atoms with Crippen molar-refractivity contribution in [2.75, 3.05) is 53.6 Å². The number of carbonyl (C=O) groups excluding carboxylic acids is 1. The molecule has 0 spiro atoms. The Hall–Kier alpha value is -0.650. The van der Waals surface area contributed by atoms with E-state index in [1.807, 2.05) is 14.0 Å². The van der Waals surface area contributed by atoms with Crippen LogP contribution in [0.5, 0.6) is 0 Å². The Balaban J connectivity index is 3.17. The quantitative estimate of drug-likeness (QED) is 0.543. The van der Waals surface area contributed by atoms with Gasteiger partial charge in [-0.05, 0) is 7.05 Å². The molecule has 5 heteroatoms. The minimum absolute atomic E-state index is 0.147. The van der Waals surface area contributed by atoms with Gasteiger partial charge in [0.25, 0.3) is 0 Å². The Labute approximate surface area is 98.1 Å². The first kappa shape index (κ1) is 15.3. The van der Waals surface area contributed by atoms with Crippen LogP contribution in [0.15, 0.2) is 0 Å². The standard InChI is InChI=1S/C11H24N2O3/c1-4-11(14)13(3)6-8-16-10-9-15-7-5-12-2/h12H,4-10H2,1-3H3. The fourth-order valence-corrected chi connectivity index (χ4v) is 1.09. The van der Waals surface area contributed by atoms with Gasteiger partial charge in [0.05, 0.1) is 26.4 Å². The molecular weight excluding hydrogens is 208 g/mol. The fourth-order valence-electron chi connectivity index (χ4n) is 1.09. The summed E-state index contributed by atoms with van der Waals surface area (Å²) in [6.45, 7) is 5.81. The molecule has 1 N–H and O–H groups in total. The highest BCUT2D eigenvalue weighted by atomic mass is 16.5. The lowest BCUT2D eigenvalue weighted by molar-refractivity contribution is -0.130. The van der Waals surface area contributed by atoms with Gasteiger partial charge in [0.15, 0.2) is 0 Å². The molecule has 0 rings (SSSR count). The van der Waals surface area contributed by atoms with Crippen LogP contribution in [0, 0.1) is 0 Å². The molecule has 0 saturated carbocycles. The second-order valence-electron chi connectivity index (χ2n) is 3.50. The van der Waals surface area contributed by atoms with Crippen LogP contribution in [0.1, 0.15) is 13.3 Å². The fraction of sp³-hybridized carbons (Fsp3) is 0.909. The first-order valence-electron chi connectivity index (χ1n) is 5.76. The highest BCUT2D eigenvalue weighted by Gasteiger charge is 2.04. The highest BCUT2D eigenvalue weighted by Crippen LogP contribution is 1.89. The van der Waals surface area contributed by atoms with Crippen molar-refractivity contribution in [1.82, 2.24) is 10.2 Å². The number of hydrogen-bond acceptors (Lipinski definition) is 4. The van der Waals surface area contributed by atoms with Gasteiger partial charge in [-0.2, -0.15) is 0 Å². The summed E-state index contributed by atoms with van der Waals surface area (Å²) in [7, 11) is 3.68. The van der Waals surface area contributed by atoms with E-state index in [0.29, 0.717) is 39.4 Å². The predicted octanol–water partition coefficient (Wildman–Crippen LogP) is 0.107. The Kier molecular flexibility index (Phi) is 10.4. The van der Waals surface area contributed by atoms with E-state index >= 15 is 0 Å². The first-order chi connectivity index (χ1) is 7.72. The van der Waals surface area contributed by atoms with E-state index < -0.39 is 0 Å². The van der Waals surface area contributed by atoms with Gasteiger partial charge < -0.3 is 19.7 Å². The van der Waals surface area contributed by atoms with Crippen LogP contribution >= 0.6 is 0 Å². The molecule has 0 heterocycles. The molecule has 5 nitrogen and oxygen atoms in total. The average Bonchev–Trinajstić information content (AvgIpc) is 2.31. The van der Waals surface area contributed by atoms with Crippen LogP contribution in [-0.4, -0.2) is 64.4 Å². The van der Waals surface area contributed by atoms with Crippen LogP contribution in [0.4, 0.5) is 0 Å². The van der Waals surface area contributed by atoms with E-state index in [1.165, 1.54) is 0 Å². The Morgan fingerprint density at radius 2 is 1.81 bits per heavy atom. The van der Waals surface area contributed by atoms with Crippen molar-refractivity contribution in [3.63, 3.8) is 0 Å². The minimum Gasteiger partial charge on any atom is -0.378 e. The van der Waals surface area contributed by atoms with Gasteiger partial charge in [0.1, 0.15) is 0 Å². The van der Waals surface area contributed by atoms with Gasteiger partial charge in [-0.3, -0.25) is 4.79 Å². The lowest BCUT2D eigenvalue weighted by Crippen LogP contribution is -2.29. The van der Waals surface area contributed by atoms with E-state index in [4.69, 9.17) is 9.47 Å². The molecule has 0 aliphatic carbocycles. The van der Waals surface area contributed by atoms with Crippen molar-refractivity contribution < 1.29 is 14.3 Å². The summed E-state index contributed by atoms with van der Waals surface area (Å²) < 4.78 is 10.6. The van der Waals surface area contributed by atoms with Crippen molar-refractivity contribution in [3.05, 3.63) is 0 Å². The Morgan fingerprint density at radius 3 is 2.38 bits per heavy atom. The molecular formula is C11H24N2O3. The smallest absolute Gasteiger partial charge is 0.222 e. The Bertz CT molecular complexity index is 177. The number of carbonyl (C=O) groups is 1. The van der Waals surface area contributed by atoms with E-state index in [9.17, 15) is 4.79 Å². The van der Waals surface area contributed by atoms with Gasteiger partial charge in [0, 0.05) is 26.6 Å². The number of amides is 1. The van der Waals surface area contributed by atoms with Crippen LogP contribution in [0.25, 0.3) is 0 Å². The van der Waals surface area contributed by atoms with E-state index in [2.05, 4.69) is 5.32 Å². The van der Waals surface area contributed by atoms with Crippen LogP contribution in [-0.2, 0) is 14.3 Å². The molecule has 0 aromatic heterocycles. The maximum atomic E-state index is 11.2. The zero-order valence-electron chi connectivity index (χ0n) is 10.6. The predicted molar refractivity (Wildman–Crippen MR) is 63.5 cm³/mol. The van der Waals surface area contributed by atoms with Crippen molar-refractivity contribution in [3.8, 4) is 0 Å². The maximum absolute atomic E-state index is 11.2. The Morgan fingerprint density at radius 1 is 1.19 bits per heavy atom. The van der Waals surface area contributed by atoms with E-state index in [-0.39, 0.29) is 5.91 Å². The summed E-state index contributed by atoms with van der Waals surface area (Å²) in [5.74, 6) is 0.147. The second-order valence-corrected chi connectivity index (χ2v) is 3.50. The zero-order valence-corrected chi connectivity index (χ0v) is 10.6. The third-order valence-electron chi connectivity index (χ3n) is 2.17. The number of rotatable bonds is 10. The lowest BCUT2D eigenvalue weighted by Gasteiger charge is -2.16. The molecule has 0 bridgehead atoms. The van der Waals surface area contributed by atoms with Crippen molar-refractivity contribution in [1.29, 1.82) is 0 Å². The summed E-state index contributed by atoms with van der Waals surface area (Å²) in [6.07, 6.45) is 0.545. The maximum Gasteiger partial charge on any atom is 0.222 e. The third kappa shape index (κ3) is 8.64. The van der Waals surface area contributed by atoms with Crippen LogP contribution in [0.2, 0.25) is 0 Å². The monoisotopic (exact) mass is 232 g/mol. The molecule has 0 aliphatic rings. The molecule has 0 fully saturated rings. The normalized spacial score (nSPS) is 10.4. The molecule has 0 aromatic carbocycles. The van der Waals surface area contributed by atoms with Gasteiger partial charge in [0.2, 0.25) is 5.91 Å². The topological polar surface area (TPSA) is 50.8 Å². The summed E-state index contributed by atoms with van der Waals surface area (Å²) in [4.78, 5) is 12.9. The summed E-state index contributed by atoms with van der Waals surface area (Å²) in [5.41, 5.74) is 0. The van der Waals surface area contributed by atoms with E-state index in [0.717, 1.165) is 6.54 Å². The molecule has 16 heavy (non-hydrogen) atoms. The molecule has 0 saturated heterocycles. The second kappa shape index (κ2) is 10.9. The minimum atomic E-state index is 0.147. The number of nitrogens with one attached hydrogen (secondary N) is 1. The lowest BCUT2D eigenvalue weighted by atomic mass is 10.4. The zero-order chi connectivity index (χ0) is 12.2. The van der Waals surface area contributed by atoms with Gasteiger partial charge in [-0.15, -0.1) is 0 Å². The molecule has 0 aliphatic heterocycles. The van der Waals surface area contributed by atoms with Crippen molar-refractivity contribution >= 4 is 5.91 Å². The van der Waals surface area contributed by atoms with Gasteiger partial charge in [-0.1, -0.05) is 6.92 Å². The third-order valence-corrected chi connectivity index (χ3v) is 2.17. The number of ether oxygens (including phenoxy) is 2. The van der Waals surface area contributed by atoms with Gasteiger partial charge >= 0.3 is 0 Å². The molecule has 0 atom stereocenters. The van der Waals surface area contributed by atoms with Crippen LogP contribution < -0.4 is 5.32 Å². The average molecular weight is 232 g/mol. The molecule has 0 unspecified atom stereocenters. The first-order valence-corrected chi connectivity index (χ1v) is 5.76. The largest absolute Gasteiger partial charge is 0.378 e. The van der Waals surface area contributed by atoms with Crippen molar-refractivity contribution in [2.45, 2.75) is 13.3 Å². The number of nitrogens with zero attached hydrogens (tertiary/aromatic N) is 1. The van der Waals surface area contributed by atoms with Gasteiger partial charge in [-0.25, -0.2) is 0 Å². The van der Waals surface area contributed by atoms with Crippen molar-refractivity contribution in [2.24, 2.45) is 0 Å². The summed E-state index contributed by atoms with van der Waals surface area (Å²) >= 11 is 0. The number of hydrogen-bond donors (Lipinski definition) is 1. The summed E-state index contributed by atoms with van der Waals surface area (Å²) in [5, 5.41) is 2.99. The SMILES string of the molecule is CCC(=O)N(C)CCOCCOCCNC. The van der Waals surface area contributed by atoms with Crippen LogP contribution in [0.3, 0.4) is 0 Å². The number of likely N-dealkylation sites (N-methyl/N-ethyl adjacent to an activating group) is 2. The van der Waals surface area contributed by atoms with E-state index in [1.54, 1.807) is 11.9 Å². The molecule has 0 radical (unpaired) electrons. The highest BCUT2D eigenvalue weighted by molar-refractivity contribution is 5.75. The summed E-state index contributed by atoms with van der Waals surface area (Å²) in [6, 6.07) is 0. The molecule has 96 valence electrons. The molecule has 1 amide bonds.